The average Bonchev–Trinajstić information content (AvgIpc) is 2.86. The largest absolute Gasteiger partial charge is 0.356 e. The van der Waals surface area contributed by atoms with E-state index in [0.717, 1.165) is 5.56 Å². The van der Waals surface area contributed by atoms with E-state index < -0.39 is 0 Å². The second-order valence-corrected chi connectivity index (χ2v) is 4.27. The SMILES string of the molecule is C/C=C\C(=O)NCc1cc(-c2ccc(C)cc2)on1. The van der Waals surface area contributed by atoms with E-state index in [1.807, 2.05) is 37.3 Å². The number of allylic oxidation sites excluding steroid dienone is 1. The first-order valence-corrected chi connectivity index (χ1v) is 6.12. The number of rotatable bonds is 4. The van der Waals surface area contributed by atoms with Gasteiger partial charge in [-0.05, 0) is 19.9 Å². The summed E-state index contributed by atoms with van der Waals surface area (Å²) < 4.78 is 5.26. The lowest BCUT2D eigenvalue weighted by Crippen LogP contribution is -2.20. The lowest BCUT2D eigenvalue weighted by molar-refractivity contribution is -0.116. The summed E-state index contributed by atoms with van der Waals surface area (Å²) >= 11 is 0. The van der Waals surface area contributed by atoms with Crippen LogP contribution in [0.3, 0.4) is 0 Å². The van der Waals surface area contributed by atoms with Gasteiger partial charge in [-0.15, -0.1) is 0 Å². The van der Waals surface area contributed by atoms with Gasteiger partial charge in [-0.3, -0.25) is 4.79 Å². The van der Waals surface area contributed by atoms with E-state index in [2.05, 4.69) is 10.5 Å². The molecule has 98 valence electrons. The molecule has 0 bridgehead atoms. The Morgan fingerprint density at radius 1 is 1.37 bits per heavy atom. The van der Waals surface area contributed by atoms with Crippen LogP contribution in [0, 0.1) is 6.92 Å². The maximum atomic E-state index is 11.3. The fraction of sp³-hybridized carbons (Fsp3) is 0.200. The summed E-state index contributed by atoms with van der Waals surface area (Å²) in [6, 6.07) is 9.84. The molecule has 1 heterocycles. The maximum absolute atomic E-state index is 11.3. The van der Waals surface area contributed by atoms with Crippen molar-refractivity contribution in [2.45, 2.75) is 20.4 Å². The first-order valence-electron chi connectivity index (χ1n) is 6.12. The molecule has 0 atom stereocenters. The van der Waals surface area contributed by atoms with Crippen LogP contribution >= 0.6 is 0 Å². The predicted molar refractivity (Wildman–Crippen MR) is 73.3 cm³/mol. The summed E-state index contributed by atoms with van der Waals surface area (Å²) in [5, 5.41) is 6.66. The second-order valence-electron chi connectivity index (χ2n) is 4.27. The number of nitrogens with zero attached hydrogens (tertiary/aromatic N) is 1. The van der Waals surface area contributed by atoms with Crippen molar-refractivity contribution in [2.24, 2.45) is 0 Å². The van der Waals surface area contributed by atoms with Gasteiger partial charge in [0.2, 0.25) is 5.91 Å². The molecule has 0 fully saturated rings. The van der Waals surface area contributed by atoms with Gasteiger partial charge in [0.1, 0.15) is 5.69 Å². The lowest BCUT2D eigenvalue weighted by atomic mass is 10.1. The van der Waals surface area contributed by atoms with Gasteiger partial charge in [0.25, 0.3) is 0 Å². The van der Waals surface area contributed by atoms with E-state index in [4.69, 9.17) is 4.52 Å². The number of aryl methyl sites for hydroxylation is 1. The van der Waals surface area contributed by atoms with Crippen molar-refractivity contribution < 1.29 is 9.32 Å². The minimum absolute atomic E-state index is 0.137. The summed E-state index contributed by atoms with van der Waals surface area (Å²) in [6.45, 7) is 4.19. The van der Waals surface area contributed by atoms with E-state index in [0.29, 0.717) is 18.0 Å². The number of aromatic nitrogens is 1. The van der Waals surface area contributed by atoms with Gasteiger partial charge in [-0.1, -0.05) is 41.1 Å². The van der Waals surface area contributed by atoms with Gasteiger partial charge in [0.15, 0.2) is 5.76 Å². The first-order chi connectivity index (χ1) is 9.19. The maximum Gasteiger partial charge on any atom is 0.243 e. The highest BCUT2D eigenvalue weighted by Gasteiger charge is 2.07. The highest BCUT2D eigenvalue weighted by molar-refractivity contribution is 5.87. The molecule has 4 heteroatoms. The third-order valence-corrected chi connectivity index (χ3v) is 2.66. The van der Waals surface area contributed by atoms with Crippen LogP contribution in [-0.4, -0.2) is 11.1 Å². The predicted octanol–water partition coefficient (Wildman–Crippen LogP) is 2.84. The van der Waals surface area contributed by atoms with Crippen molar-refractivity contribution >= 4 is 5.91 Å². The molecular weight excluding hydrogens is 240 g/mol. The molecule has 0 saturated heterocycles. The molecular formula is C15H16N2O2. The topological polar surface area (TPSA) is 55.1 Å². The van der Waals surface area contributed by atoms with Gasteiger partial charge in [-0.2, -0.15) is 0 Å². The molecule has 19 heavy (non-hydrogen) atoms. The molecule has 2 aromatic rings. The summed E-state index contributed by atoms with van der Waals surface area (Å²) in [6.07, 6.45) is 3.16. The molecule has 0 aliphatic rings. The number of nitrogens with one attached hydrogen (secondary N) is 1. The van der Waals surface area contributed by atoms with E-state index in [9.17, 15) is 4.79 Å². The Bertz CT molecular complexity index is 582. The zero-order chi connectivity index (χ0) is 13.7. The van der Waals surface area contributed by atoms with Crippen LogP contribution in [0.5, 0.6) is 0 Å². The third kappa shape index (κ3) is 3.55. The fourth-order valence-corrected chi connectivity index (χ4v) is 1.64. The van der Waals surface area contributed by atoms with E-state index in [-0.39, 0.29) is 5.91 Å². The monoisotopic (exact) mass is 256 g/mol. The number of hydrogen-bond donors (Lipinski definition) is 1. The summed E-state index contributed by atoms with van der Waals surface area (Å²) in [5.41, 5.74) is 2.87. The molecule has 0 spiro atoms. The highest BCUT2D eigenvalue weighted by Crippen LogP contribution is 2.20. The molecule has 1 amide bonds. The Morgan fingerprint density at radius 3 is 2.79 bits per heavy atom. The van der Waals surface area contributed by atoms with E-state index in [1.54, 1.807) is 13.0 Å². The van der Waals surface area contributed by atoms with Crippen LogP contribution in [0.1, 0.15) is 18.2 Å². The number of amides is 1. The van der Waals surface area contributed by atoms with E-state index in [1.165, 1.54) is 11.6 Å². The molecule has 1 aromatic heterocycles. The molecule has 2 rings (SSSR count). The number of hydrogen-bond acceptors (Lipinski definition) is 3. The standard InChI is InChI=1S/C15H16N2O2/c1-3-4-15(18)16-10-13-9-14(19-17-13)12-7-5-11(2)6-8-12/h3-9H,10H2,1-2H3,(H,16,18)/b4-3-. The van der Waals surface area contributed by atoms with Crippen molar-refractivity contribution in [1.82, 2.24) is 10.5 Å². The van der Waals surface area contributed by atoms with Gasteiger partial charge in [0.05, 0.1) is 6.54 Å². The zero-order valence-corrected chi connectivity index (χ0v) is 11.0. The summed E-state index contributed by atoms with van der Waals surface area (Å²) in [5.74, 6) is 0.567. The van der Waals surface area contributed by atoms with Crippen LogP contribution in [0.4, 0.5) is 0 Å². The van der Waals surface area contributed by atoms with Crippen LogP contribution in [0.15, 0.2) is 47.0 Å². The van der Waals surface area contributed by atoms with Gasteiger partial charge >= 0.3 is 0 Å². The number of carbonyl (C=O) groups excluding carboxylic acids is 1. The quantitative estimate of drug-likeness (QED) is 0.856. The van der Waals surface area contributed by atoms with Gasteiger partial charge in [0, 0.05) is 11.6 Å². The van der Waals surface area contributed by atoms with Crippen LogP contribution in [0.25, 0.3) is 11.3 Å². The zero-order valence-electron chi connectivity index (χ0n) is 11.0. The Balaban J connectivity index is 2.03. The minimum atomic E-state index is -0.137. The molecule has 0 aliphatic carbocycles. The normalized spacial score (nSPS) is 10.8. The number of carbonyl (C=O) groups is 1. The lowest BCUT2D eigenvalue weighted by Gasteiger charge is -1.96. The average molecular weight is 256 g/mol. The summed E-state index contributed by atoms with van der Waals surface area (Å²) in [4.78, 5) is 11.3. The molecule has 4 nitrogen and oxygen atoms in total. The molecule has 1 aromatic carbocycles. The molecule has 0 radical (unpaired) electrons. The highest BCUT2D eigenvalue weighted by atomic mass is 16.5. The molecule has 0 aliphatic heterocycles. The van der Waals surface area contributed by atoms with Crippen molar-refractivity contribution in [3.8, 4) is 11.3 Å². The van der Waals surface area contributed by atoms with Crippen LogP contribution < -0.4 is 5.32 Å². The summed E-state index contributed by atoms with van der Waals surface area (Å²) in [7, 11) is 0. The third-order valence-electron chi connectivity index (χ3n) is 2.66. The van der Waals surface area contributed by atoms with Gasteiger partial charge < -0.3 is 9.84 Å². The van der Waals surface area contributed by atoms with Crippen molar-refractivity contribution in [3.05, 3.63) is 53.7 Å². The molecule has 0 unspecified atom stereocenters. The van der Waals surface area contributed by atoms with Gasteiger partial charge in [-0.25, -0.2) is 0 Å². The van der Waals surface area contributed by atoms with E-state index >= 15 is 0 Å². The first kappa shape index (κ1) is 13.1. The van der Waals surface area contributed by atoms with Crippen LogP contribution in [-0.2, 0) is 11.3 Å². The Labute approximate surface area is 112 Å². The van der Waals surface area contributed by atoms with Crippen molar-refractivity contribution in [3.63, 3.8) is 0 Å². The van der Waals surface area contributed by atoms with Crippen LogP contribution in [0.2, 0.25) is 0 Å². The number of benzene rings is 1. The smallest absolute Gasteiger partial charge is 0.243 e. The van der Waals surface area contributed by atoms with Crippen molar-refractivity contribution in [2.75, 3.05) is 0 Å². The second kappa shape index (κ2) is 6.00. The Hall–Kier alpha value is -2.36. The molecule has 1 N–H and O–H groups in total. The molecule has 0 saturated carbocycles. The fourth-order valence-electron chi connectivity index (χ4n) is 1.64. The Kier molecular flexibility index (Phi) is 4.13. The Morgan fingerprint density at radius 2 is 2.11 bits per heavy atom. The van der Waals surface area contributed by atoms with Crippen molar-refractivity contribution in [1.29, 1.82) is 0 Å². The minimum Gasteiger partial charge on any atom is -0.356 e.